The molecule has 26 heavy (non-hydrogen) atoms. The largest absolute Gasteiger partial charge is 0.418 e. The summed E-state index contributed by atoms with van der Waals surface area (Å²) < 4.78 is 39.7. The number of halogens is 3. The number of fused-ring (bicyclic) bond motifs is 1. The summed E-state index contributed by atoms with van der Waals surface area (Å²) in [7, 11) is 0. The molecule has 0 fully saturated rings. The van der Waals surface area contributed by atoms with Crippen molar-refractivity contribution in [2.24, 2.45) is 0 Å². The summed E-state index contributed by atoms with van der Waals surface area (Å²) in [4.78, 5) is 15.5. The van der Waals surface area contributed by atoms with E-state index < -0.39 is 11.7 Å². The number of nitrogens with one attached hydrogen (secondary N) is 2. The lowest BCUT2D eigenvalue weighted by atomic mass is 10.0. The fourth-order valence-electron chi connectivity index (χ4n) is 3.02. The molecule has 1 aliphatic heterocycles. The first-order valence-electron chi connectivity index (χ1n) is 7.85. The number of benzene rings is 2. The van der Waals surface area contributed by atoms with Crippen LogP contribution in [0.15, 0.2) is 59.8 Å². The van der Waals surface area contributed by atoms with Crippen molar-refractivity contribution in [3.8, 4) is 0 Å². The van der Waals surface area contributed by atoms with E-state index in [0.29, 0.717) is 16.2 Å². The van der Waals surface area contributed by atoms with Gasteiger partial charge in [-0.3, -0.25) is 4.79 Å². The van der Waals surface area contributed by atoms with Crippen molar-refractivity contribution in [2.45, 2.75) is 6.18 Å². The summed E-state index contributed by atoms with van der Waals surface area (Å²) in [5.74, 6) is 0.0949. The molecule has 132 valence electrons. The SMILES string of the molecule is O=C1CSC(Nc2ccccc2C(F)(F)F)=C1c1c[nH]c2ccccc12. The number of ketones is 1. The minimum atomic E-state index is -4.47. The third kappa shape index (κ3) is 2.88. The van der Waals surface area contributed by atoms with Gasteiger partial charge in [-0.2, -0.15) is 13.2 Å². The Balaban J connectivity index is 1.82. The molecule has 0 saturated heterocycles. The first-order chi connectivity index (χ1) is 12.4. The van der Waals surface area contributed by atoms with Crippen LogP contribution in [0, 0.1) is 0 Å². The maximum Gasteiger partial charge on any atom is 0.418 e. The molecule has 3 aromatic rings. The number of para-hydroxylation sites is 2. The van der Waals surface area contributed by atoms with Gasteiger partial charge in [-0.15, -0.1) is 0 Å². The molecule has 0 amide bonds. The number of thioether (sulfide) groups is 1. The van der Waals surface area contributed by atoms with Gasteiger partial charge in [-0.05, 0) is 18.2 Å². The number of aromatic amines is 1. The molecular weight excluding hydrogens is 361 g/mol. The van der Waals surface area contributed by atoms with Crippen LogP contribution in [0.5, 0.6) is 0 Å². The zero-order valence-corrected chi connectivity index (χ0v) is 14.2. The molecule has 0 radical (unpaired) electrons. The van der Waals surface area contributed by atoms with Crippen LogP contribution in [-0.4, -0.2) is 16.5 Å². The highest BCUT2D eigenvalue weighted by Crippen LogP contribution is 2.41. The Bertz CT molecular complexity index is 1040. The van der Waals surface area contributed by atoms with Gasteiger partial charge in [-0.1, -0.05) is 42.1 Å². The van der Waals surface area contributed by atoms with Gasteiger partial charge in [0.25, 0.3) is 0 Å². The molecule has 0 saturated carbocycles. The van der Waals surface area contributed by atoms with Crippen molar-refractivity contribution in [2.75, 3.05) is 11.1 Å². The molecule has 2 aromatic carbocycles. The van der Waals surface area contributed by atoms with Crippen molar-refractivity contribution in [1.29, 1.82) is 0 Å². The predicted octanol–water partition coefficient (Wildman–Crippen LogP) is 5.28. The van der Waals surface area contributed by atoms with Crippen LogP contribution in [0.4, 0.5) is 18.9 Å². The lowest BCUT2D eigenvalue weighted by molar-refractivity contribution is -0.136. The minimum absolute atomic E-state index is 0.0606. The van der Waals surface area contributed by atoms with Gasteiger partial charge < -0.3 is 10.3 Å². The van der Waals surface area contributed by atoms with Crippen molar-refractivity contribution >= 4 is 39.7 Å². The van der Waals surface area contributed by atoms with Crippen LogP contribution in [-0.2, 0) is 11.0 Å². The number of allylic oxidation sites excluding steroid dienone is 1. The van der Waals surface area contributed by atoms with E-state index in [1.54, 1.807) is 6.20 Å². The number of hydrogen-bond acceptors (Lipinski definition) is 3. The molecule has 2 N–H and O–H groups in total. The van der Waals surface area contributed by atoms with E-state index in [-0.39, 0.29) is 17.2 Å². The molecule has 2 heterocycles. The number of carbonyl (C=O) groups excluding carboxylic acids is 1. The van der Waals surface area contributed by atoms with Gasteiger partial charge in [0.2, 0.25) is 0 Å². The van der Waals surface area contributed by atoms with Crippen LogP contribution in [0.3, 0.4) is 0 Å². The van der Waals surface area contributed by atoms with E-state index in [1.807, 2.05) is 24.3 Å². The average Bonchev–Trinajstić information content (AvgIpc) is 3.18. The van der Waals surface area contributed by atoms with E-state index in [2.05, 4.69) is 10.3 Å². The molecule has 7 heteroatoms. The zero-order chi connectivity index (χ0) is 18.3. The maximum absolute atomic E-state index is 13.2. The number of H-pyrrole nitrogens is 1. The van der Waals surface area contributed by atoms with Crippen molar-refractivity contribution < 1.29 is 18.0 Å². The van der Waals surface area contributed by atoms with Crippen LogP contribution in [0.25, 0.3) is 16.5 Å². The van der Waals surface area contributed by atoms with Crippen molar-refractivity contribution in [3.63, 3.8) is 0 Å². The average molecular weight is 374 g/mol. The standard InChI is InChI=1S/C19H13F3N2OS/c20-19(21,22)13-6-2-4-8-15(13)24-18-17(16(25)10-26-18)12-9-23-14-7-3-1-5-11(12)14/h1-9,23-24H,10H2. The molecule has 0 atom stereocenters. The Kier molecular flexibility index (Phi) is 4.03. The fourth-order valence-corrected chi connectivity index (χ4v) is 3.99. The molecule has 0 bridgehead atoms. The van der Waals surface area contributed by atoms with E-state index in [1.165, 1.54) is 30.0 Å². The predicted molar refractivity (Wildman–Crippen MR) is 97.8 cm³/mol. The number of rotatable bonds is 3. The van der Waals surface area contributed by atoms with Crippen LogP contribution in [0.2, 0.25) is 0 Å². The summed E-state index contributed by atoms with van der Waals surface area (Å²) in [6, 6.07) is 12.8. The summed E-state index contributed by atoms with van der Waals surface area (Å²) in [5, 5.41) is 4.14. The molecule has 0 spiro atoms. The second-order valence-corrected chi connectivity index (χ2v) is 6.82. The number of carbonyl (C=O) groups is 1. The molecule has 4 rings (SSSR count). The van der Waals surface area contributed by atoms with Gasteiger partial charge in [0.15, 0.2) is 5.78 Å². The first-order valence-corrected chi connectivity index (χ1v) is 8.84. The molecule has 0 unspecified atom stereocenters. The van der Waals surface area contributed by atoms with E-state index in [9.17, 15) is 18.0 Å². The lowest BCUT2D eigenvalue weighted by Crippen LogP contribution is -2.10. The Morgan fingerprint density at radius 2 is 1.77 bits per heavy atom. The van der Waals surface area contributed by atoms with Gasteiger partial charge in [0.1, 0.15) is 0 Å². The quantitative estimate of drug-likeness (QED) is 0.655. The highest BCUT2D eigenvalue weighted by Gasteiger charge is 2.34. The Morgan fingerprint density at radius 3 is 2.58 bits per heavy atom. The van der Waals surface area contributed by atoms with Crippen LogP contribution >= 0.6 is 11.8 Å². The topological polar surface area (TPSA) is 44.9 Å². The van der Waals surface area contributed by atoms with E-state index in [0.717, 1.165) is 17.0 Å². The summed E-state index contributed by atoms with van der Waals surface area (Å²) in [5.41, 5.74) is 1.17. The number of hydrogen-bond donors (Lipinski definition) is 2. The number of Topliss-reactive ketones (excluding diaryl/α,β-unsaturated/α-hetero) is 1. The highest BCUT2D eigenvalue weighted by atomic mass is 32.2. The Morgan fingerprint density at radius 1 is 1.04 bits per heavy atom. The zero-order valence-electron chi connectivity index (χ0n) is 13.4. The van der Waals surface area contributed by atoms with Crippen LogP contribution < -0.4 is 5.32 Å². The first kappa shape index (κ1) is 16.8. The van der Waals surface area contributed by atoms with Crippen molar-refractivity contribution in [1.82, 2.24) is 4.98 Å². The molecule has 1 aliphatic rings. The minimum Gasteiger partial charge on any atom is -0.361 e. The molecule has 0 aliphatic carbocycles. The molecule has 3 nitrogen and oxygen atoms in total. The van der Waals surface area contributed by atoms with Crippen molar-refractivity contribution in [3.05, 3.63) is 70.9 Å². The summed E-state index contributed by atoms with van der Waals surface area (Å²) >= 11 is 1.22. The van der Waals surface area contributed by atoms with E-state index >= 15 is 0 Å². The summed E-state index contributed by atoms with van der Waals surface area (Å²) in [6.07, 6.45) is -2.75. The number of anilines is 1. The Labute approximate surface area is 151 Å². The monoisotopic (exact) mass is 374 g/mol. The second kappa shape index (κ2) is 6.25. The maximum atomic E-state index is 13.2. The molecule has 1 aromatic heterocycles. The Hall–Kier alpha value is -2.67. The molecular formula is C19H13F3N2OS. The number of alkyl halides is 3. The summed E-state index contributed by atoms with van der Waals surface area (Å²) in [6.45, 7) is 0. The van der Waals surface area contributed by atoms with Gasteiger partial charge in [0, 0.05) is 22.7 Å². The van der Waals surface area contributed by atoms with Gasteiger partial charge in [0.05, 0.1) is 27.6 Å². The second-order valence-electron chi connectivity index (χ2n) is 5.83. The third-order valence-electron chi connectivity index (χ3n) is 4.19. The third-order valence-corrected chi connectivity index (χ3v) is 5.19. The smallest absolute Gasteiger partial charge is 0.361 e. The normalized spacial score (nSPS) is 15.1. The lowest BCUT2D eigenvalue weighted by Gasteiger charge is -2.15. The highest BCUT2D eigenvalue weighted by molar-refractivity contribution is 8.04. The van der Waals surface area contributed by atoms with Crippen LogP contribution in [0.1, 0.15) is 11.1 Å². The van der Waals surface area contributed by atoms with Gasteiger partial charge >= 0.3 is 6.18 Å². The van der Waals surface area contributed by atoms with E-state index in [4.69, 9.17) is 0 Å². The van der Waals surface area contributed by atoms with Gasteiger partial charge in [-0.25, -0.2) is 0 Å². The number of aromatic nitrogens is 1. The fraction of sp³-hybridized carbons (Fsp3) is 0.105.